The number of rotatable bonds is 5. The third-order valence-corrected chi connectivity index (χ3v) is 5.57. The van der Waals surface area contributed by atoms with E-state index in [0.29, 0.717) is 12.3 Å². The SMILES string of the molecule is CN(C)c1cc(C2CCCN(C(=O)CCc3cccs3)C2)ccn1. The Hall–Kier alpha value is -1.88. The predicted molar refractivity (Wildman–Crippen MR) is 99.8 cm³/mol. The Labute approximate surface area is 148 Å². The second-order valence-electron chi connectivity index (χ2n) is 6.60. The zero-order valence-electron chi connectivity index (χ0n) is 14.4. The minimum absolute atomic E-state index is 0.287. The molecule has 0 spiro atoms. The molecule has 3 heterocycles. The summed E-state index contributed by atoms with van der Waals surface area (Å²) in [6, 6.07) is 8.41. The molecule has 1 aliphatic heterocycles. The fourth-order valence-electron chi connectivity index (χ4n) is 3.25. The van der Waals surface area contributed by atoms with E-state index in [1.54, 1.807) is 11.3 Å². The molecule has 1 unspecified atom stereocenters. The molecule has 128 valence electrons. The van der Waals surface area contributed by atoms with Crippen LogP contribution in [0.1, 0.15) is 35.6 Å². The minimum Gasteiger partial charge on any atom is -0.363 e. The standard InChI is InChI=1S/C19H25N3OS/c1-21(2)18-13-15(9-10-20-18)16-5-3-11-22(14-16)19(23)8-7-17-6-4-12-24-17/h4,6,9-10,12-13,16H,3,5,7-8,11,14H2,1-2H3. The Morgan fingerprint density at radius 3 is 3.04 bits per heavy atom. The summed E-state index contributed by atoms with van der Waals surface area (Å²) in [5, 5.41) is 2.07. The zero-order chi connectivity index (χ0) is 16.9. The number of piperidine rings is 1. The van der Waals surface area contributed by atoms with Crippen molar-refractivity contribution in [3.63, 3.8) is 0 Å². The van der Waals surface area contributed by atoms with E-state index in [1.807, 2.05) is 31.3 Å². The second kappa shape index (κ2) is 7.79. The van der Waals surface area contributed by atoms with Crippen LogP contribution in [0.5, 0.6) is 0 Å². The van der Waals surface area contributed by atoms with Gasteiger partial charge in [0.05, 0.1) is 0 Å². The van der Waals surface area contributed by atoms with E-state index in [2.05, 4.69) is 33.5 Å². The molecule has 0 N–H and O–H groups in total. The van der Waals surface area contributed by atoms with Crippen molar-refractivity contribution < 1.29 is 4.79 Å². The van der Waals surface area contributed by atoms with Gasteiger partial charge in [-0.3, -0.25) is 4.79 Å². The van der Waals surface area contributed by atoms with Gasteiger partial charge in [0.25, 0.3) is 0 Å². The summed E-state index contributed by atoms with van der Waals surface area (Å²) >= 11 is 1.73. The molecule has 1 saturated heterocycles. The predicted octanol–water partition coefficient (Wildman–Crippen LogP) is 3.55. The number of pyridine rings is 1. The van der Waals surface area contributed by atoms with Crippen LogP contribution in [0.4, 0.5) is 5.82 Å². The van der Waals surface area contributed by atoms with Crippen LogP contribution in [-0.4, -0.2) is 43.0 Å². The molecule has 2 aromatic heterocycles. The maximum absolute atomic E-state index is 12.6. The molecule has 0 bridgehead atoms. The van der Waals surface area contributed by atoms with Gasteiger partial charge < -0.3 is 9.80 Å². The number of carbonyl (C=O) groups is 1. The Balaban J connectivity index is 1.61. The largest absolute Gasteiger partial charge is 0.363 e. The van der Waals surface area contributed by atoms with E-state index in [0.717, 1.165) is 38.2 Å². The van der Waals surface area contributed by atoms with Crippen LogP contribution in [0, 0.1) is 0 Å². The van der Waals surface area contributed by atoms with E-state index in [-0.39, 0.29) is 5.91 Å². The molecule has 1 aliphatic rings. The van der Waals surface area contributed by atoms with Crippen molar-refractivity contribution in [2.75, 3.05) is 32.1 Å². The summed E-state index contributed by atoms with van der Waals surface area (Å²) in [5.41, 5.74) is 1.30. The van der Waals surface area contributed by atoms with Gasteiger partial charge in [-0.1, -0.05) is 6.07 Å². The maximum Gasteiger partial charge on any atom is 0.222 e. The van der Waals surface area contributed by atoms with Crippen molar-refractivity contribution in [1.82, 2.24) is 9.88 Å². The van der Waals surface area contributed by atoms with Crippen LogP contribution in [-0.2, 0) is 11.2 Å². The van der Waals surface area contributed by atoms with Crippen molar-refractivity contribution in [2.45, 2.75) is 31.6 Å². The van der Waals surface area contributed by atoms with Crippen LogP contribution in [0.15, 0.2) is 35.8 Å². The molecular weight excluding hydrogens is 318 g/mol. The highest BCUT2D eigenvalue weighted by molar-refractivity contribution is 7.09. The molecule has 1 amide bonds. The first kappa shape index (κ1) is 17.0. The molecular formula is C19H25N3OS. The van der Waals surface area contributed by atoms with Gasteiger partial charge in [-0.2, -0.15) is 0 Å². The number of aryl methyl sites for hydroxylation is 1. The molecule has 2 aromatic rings. The third-order valence-electron chi connectivity index (χ3n) is 4.64. The average Bonchev–Trinajstić information content (AvgIpc) is 3.13. The van der Waals surface area contributed by atoms with Gasteiger partial charge in [0, 0.05) is 50.6 Å². The number of carbonyl (C=O) groups excluding carboxylic acids is 1. The van der Waals surface area contributed by atoms with Crippen LogP contribution >= 0.6 is 11.3 Å². The molecule has 4 nitrogen and oxygen atoms in total. The fourth-order valence-corrected chi connectivity index (χ4v) is 3.96. The van der Waals surface area contributed by atoms with Crippen LogP contribution in [0.2, 0.25) is 0 Å². The lowest BCUT2D eigenvalue weighted by Gasteiger charge is -2.33. The minimum atomic E-state index is 0.287. The number of hydrogen-bond donors (Lipinski definition) is 0. The lowest BCUT2D eigenvalue weighted by Crippen LogP contribution is -2.39. The summed E-state index contributed by atoms with van der Waals surface area (Å²) < 4.78 is 0. The van der Waals surface area contributed by atoms with E-state index in [1.165, 1.54) is 10.4 Å². The van der Waals surface area contributed by atoms with Crippen LogP contribution < -0.4 is 4.90 Å². The topological polar surface area (TPSA) is 36.4 Å². The van der Waals surface area contributed by atoms with Gasteiger partial charge in [0.15, 0.2) is 0 Å². The monoisotopic (exact) mass is 343 g/mol. The number of thiophene rings is 1. The molecule has 0 aliphatic carbocycles. The lowest BCUT2D eigenvalue weighted by atomic mass is 9.91. The molecule has 3 rings (SSSR count). The van der Waals surface area contributed by atoms with Crippen molar-refractivity contribution in [2.24, 2.45) is 0 Å². The van der Waals surface area contributed by atoms with E-state index in [4.69, 9.17) is 0 Å². The van der Waals surface area contributed by atoms with E-state index >= 15 is 0 Å². The Morgan fingerprint density at radius 2 is 2.29 bits per heavy atom. The molecule has 5 heteroatoms. The van der Waals surface area contributed by atoms with Gasteiger partial charge in [-0.15, -0.1) is 11.3 Å². The number of nitrogens with zero attached hydrogens (tertiary/aromatic N) is 3. The first-order valence-electron chi connectivity index (χ1n) is 8.57. The number of hydrogen-bond acceptors (Lipinski definition) is 4. The van der Waals surface area contributed by atoms with E-state index in [9.17, 15) is 4.79 Å². The van der Waals surface area contributed by atoms with Gasteiger partial charge >= 0.3 is 0 Å². The number of anilines is 1. The first-order valence-corrected chi connectivity index (χ1v) is 9.45. The lowest BCUT2D eigenvalue weighted by molar-refractivity contribution is -0.132. The number of amides is 1. The van der Waals surface area contributed by atoms with Gasteiger partial charge in [0.2, 0.25) is 5.91 Å². The smallest absolute Gasteiger partial charge is 0.222 e. The van der Waals surface area contributed by atoms with Gasteiger partial charge in [-0.25, -0.2) is 4.98 Å². The summed E-state index contributed by atoms with van der Waals surface area (Å²) in [7, 11) is 4.01. The molecule has 24 heavy (non-hydrogen) atoms. The first-order chi connectivity index (χ1) is 11.6. The molecule has 1 atom stereocenters. The van der Waals surface area contributed by atoms with E-state index < -0.39 is 0 Å². The average molecular weight is 343 g/mol. The highest BCUT2D eigenvalue weighted by Gasteiger charge is 2.25. The van der Waals surface area contributed by atoms with Crippen molar-refractivity contribution in [1.29, 1.82) is 0 Å². The zero-order valence-corrected chi connectivity index (χ0v) is 15.3. The van der Waals surface area contributed by atoms with Crippen molar-refractivity contribution in [3.8, 4) is 0 Å². The normalized spacial score (nSPS) is 17.8. The molecule has 1 fully saturated rings. The molecule has 0 saturated carbocycles. The Bertz CT molecular complexity index is 669. The summed E-state index contributed by atoms with van der Waals surface area (Å²) in [6.45, 7) is 1.73. The summed E-state index contributed by atoms with van der Waals surface area (Å²) in [6.07, 6.45) is 5.58. The highest BCUT2D eigenvalue weighted by atomic mass is 32.1. The summed E-state index contributed by atoms with van der Waals surface area (Å²) in [5.74, 6) is 1.69. The number of aromatic nitrogens is 1. The molecule has 0 aromatic carbocycles. The van der Waals surface area contributed by atoms with Gasteiger partial charge in [0.1, 0.15) is 5.82 Å². The summed E-state index contributed by atoms with van der Waals surface area (Å²) in [4.78, 5) is 22.3. The Morgan fingerprint density at radius 1 is 1.42 bits per heavy atom. The van der Waals surface area contributed by atoms with Crippen molar-refractivity contribution in [3.05, 3.63) is 46.3 Å². The third kappa shape index (κ3) is 4.15. The van der Waals surface area contributed by atoms with Gasteiger partial charge in [-0.05, 0) is 48.4 Å². The van der Waals surface area contributed by atoms with Crippen LogP contribution in [0.3, 0.4) is 0 Å². The number of likely N-dealkylation sites (tertiary alicyclic amines) is 1. The quantitative estimate of drug-likeness (QED) is 0.833. The van der Waals surface area contributed by atoms with Crippen LogP contribution in [0.25, 0.3) is 0 Å². The fraction of sp³-hybridized carbons (Fsp3) is 0.474. The second-order valence-corrected chi connectivity index (χ2v) is 7.63. The Kier molecular flexibility index (Phi) is 5.51. The van der Waals surface area contributed by atoms with Crippen molar-refractivity contribution >= 4 is 23.1 Å². The highest BCUT2D eigenvalue weighted by Crippen LogP contribution is 2.28. The molecule has 0 radical (unpaired) electrons. The maximum atomic E-state index is 12.6.